The first-order chi connectivity index (χ1) is 11.7. The van der Waals surface area contributed by atoms with Gasteiger partial charge in [-0.1, -0.05) is 17.7 Å². The van der Waals surface area contributed by atoms with Gasteiger partial charge in [0.1, 0.15) is 0 Å². The Hall–Kier alpha value is -1.46. The van der Waals surface area contributed by atoms with Crippen molar-refractivity contribution in [3.8, 4) is 0 Å². The second kappa shape index (κ2) is 10.4. The van der Waals surface area contributed by atoms with Gasteiger partial charge in [0, 0.05) is 56.1 Å². The topological polar surface area (TPSA) is 48.9 Å². The Bertz CT molecular complexity index is 523. The number of aliphatic imine (C=N–C) groups is 1. The zero-order valence-electron chi connectivity index (χ0n) is 14.7. The summed E-state index contributed by atoms with van der Waals surface area (Å²) in [5, 5.41) is 7.65. The molecule has 0 spiro atoms. The number of guanidine groups is 1. The van der Waals surface area contributed by atoms with Crippen LogP contribution in [0.3, 0.4) is 0 Å². The molecule has 2 rings (SSSR count). The van der Waals surface area contributed by atoms with E-state index in [0.717, 1.165) is 63.2 Å². The fourth-order valence-electron chi connectivity index (χ4n) is 2.80. The smallest absolute Gasteiger partial charge is 0.191 e. The molecule has 0 saturated carbocycles. The highest BCUT2D eigenvalue weighted by atomic mass is 35.5. The van der Waals surface area contributed by atoms with Crippen LogP contribution in [-0.4, -0.2) is 51.4 Å². The molecule has 0 bridgehead atoms. The van der Waals surface area contributed by atoms with Crippen LogP contribution in [0.4, 0.5) is 5.69 Å². The SMILES string of the molecule is CCNC(=NCCCOCC)NC1CCN(c2cccc(Cl)c2)C1. The Morgan fingerprint density at radius 3 is 3.04 bits per heavy atom. The van der Waals surface area contributed by atoms with E-state index in [9.17, 15) is 0 Å². The molecule has 0 aliphatic carbocycles. The minimum absolute atomic E-state index is 0.397. The predicted molar refractivity (Wildman–Crippen MR) is 102 cm³/mol. The van der Waals surface area contributed by atoms with Gasteiger partial charge in [0.15, 0.2) is 5.96 Å². The molecular weight excluding hydrogens is 324 g/mol. The average molecular weight is 353 g/mol. The van der Waals surface area contributed by atoms with E-state index in [1.807, 2.05) is 25.1 Å². The number of benzene rings is 1. The molecule has 1 aliphatic heterocycles. The highest BCUT2D eigenvalue weighted by Crippen LogP contribution is 2.23. The van der Waals surface area contributed by atoms with Crippen LogP contribution in [0, 0.1) is 0 Å². The minimum atomic E-state index is 0.397. The highest BCUT2D eigenvalue weighted by molar-refractivity contribution is 6.30. The lowest BCUT2D eigenvalue weighted by atomic mass is 10.2. The van der Waals surface area contributed by atoms with E-state index in [0.29, 0.717) is 6.04 Å². The zero-order valence-corrected chi connectivity index (χ0v) is 15.5. The Balaban J connectivity index is 1.83. The predicted octanol–water partition coefficient (Wildman–Crippen LogP) is 2.90. The van der Waals surface area contributed by atoms with Crippen molar-refractivity contribution < 1.29 is 4.74 Å². The van der Waals surface area contributed by atoms with Crippen LogP contribution in [0.1, 0.15) is 26.7 Å². The van der Waals surface area contributed by atoms with E-state index in [2.05, 4.69) is 33.5 Å². The van der Waals surface area contributed by atoms with Gasteiger partial charge >= 0.3 is 0 Å². The summed E-state index contributed by atoms with van der Waals surface area (Å²) >= 11 is 6.10. The molecule has 1 saturated heterocycles. The van der Waals surface area contributed by atoms with Gasteiger partial charge in [0.2, 0.25) is 0 Å². The maximum Gasteiger partial charge on any atom is 0.191 e. The third kappa shape index (κ3) is 6.21. The van der Waals surface area contributed by atoms with Crippen LogP contribution in [-0.2, 0) is 4.74 Å². The van der Waals surface area contributed by atoms with Crippen molar-refractivity contribution in [1.82, 2.24) is 10.6 Å². The molecule has 1 aliphatic rings. The lowest BCUT2D eigenvalue weighted by Gasteiger charge is -2.20. The van der Waals surface area contributed by atoms with Crippen molar-refractivity contribution >= 4 is 23.2 Å². The van der Waals surface area contributed by atoms with Crippen molar-refractivity contribution in [3.63, 3.8) is 0 Å². The van der Waals surface area contributed by atoms with Crippen LogP contribution in [0.5, 0.6) is 0 Å². The van der Waals surface area contributed by atoms with Gasteiger partial charge in [-0.2, -0.15) is 0 Å². The summed E-state index contributed by atoms with van der Waals surface area (Å²) in [4.78, 5) is 7.00. The number of ether oxygens (including phenoxy) is 1. The molecule has 1 heterocycles. The molecular formula is C18H29ClN4O. The average Bonchev–Trinajstić information content (AvgIpc) is 3.03. The quantitative estimate of drug-likeness (QED) is 0.429. The fourth-order valence-corrected chi connectivity index (χ4v) is 2.99. The van der Waals surface area contributed by atoms with E-state index in [1.165, 1.54) is 5.69 Å². The number of nitrogens with zero attached hydrogens (tertiary/aromatic N) is 2. The Morgan fingerprint density at radius 1 is 1.42 bits per heavy atom. The van der Waals surface area contributed by atoms with Crippen molar-refractivity contribution in [2.24, 2.45) is 4.99 Å². The van der Waals surface area contributed by atoms with Crippen LogP contribution in [0.2, 0.25) is 5.02 Å². The molecule has 1 fully saturated rings. The second-order valence-corrected chi connectivity index (χ2v) is 6.30. The third-order valence-corrected chi connectivity index (χ3v) is 4.20. The van der Waals surface area contributed by atoms with Gasteiger partial charge in [-0.25, -0.2) is 0 Å². The first-order valence-electron chi connectivity index (χ1n) is 8.86. The number of hydrogen-bond donors (Lipinski definition) is 2. The van der Waals surface area contributed by atoms with Crippen molar-refractivity contribution in [2.45, 2.75) is 32.7 Å². The maximum absolute atomic E-state index is 6.10. The molecule has 0 aromatic heterocycles. The standard InChI is InChI=1S/C18H29ClN4O/c1-3-20-18(21-10-6-12-24-4-2)22-16-9-11-23(14-16)17-8-5-7-15(19)13-17/h5,7-8,13,16H,3-4,6,9-12,14H2,1-2H3,(H2,20,21,22). The summed E-state index contributed by atoms with van der Waals surface area (Å²) in [5.74, 6) is 0.895. The molecule has 5 nitrogen and oxygen atoms in total. The molecule has 2 N–H and O–H groups in total. The molecule has 0 radical (unpaired) electrons. The highest BCUT2D eigenvalue weighted by Gasteiger charge is 2.23. The van der Waals surface area contributed by atoms with Gasteiger partial charge < -0.3 is 20.3 Å². The van der Waals surface area contributed by atoms with E-state index in [-0.39, 0.29) is 0 Å². The van der Waals surface area contributed by atoms with Crippen LogP contribution < -0.4 is 15.5 Å². The molecule has 24 heavy (non-hydrogen) atoms. The summed E-state index contributed by atoms with van der Waals surface area (Å²) in [6, 6.07) is 8.45. The number of nitrogens with one attached hydrogen (secondary N) is 2. The molecule has 6 heteroatoms. The van der Waals surface area contributed by atoms with E-state index in [4.69, 9.17) is 16.3 Å². The summed E-state index contributed by atoms with van der Waals surface area (Å²) in [7, 11) is 0. The fraction of sp³-hybridized carbons (Fsp3) is 0.611. The van der Waals surface area contributed by atoms with Crippen molar-refractivity contribution in [3.05, 3.63) is 29.3 Å². The Morgan fingerprint density at radius 2 is 2.29 bits per heavy atom. The molecule has 1 atom stereocenters. The largest absolute Gasteiger partial charge is 0.382 e. The van der Waals surface area contributed by atoms with Gasteiger partial charge in [0.25, 0.3) is 0 Å². The first-order valence-corrected chi connectivity index (χ1v) is 9.23. The van der Waals surface area contributed by atoms with E-state index < -0.39 is 0 Å². The Labute approximate surface area is 150 Å². The van der Waals surface area contributed by atoms with Crippen LogP contribution >= 0.6 is 11.6 Å². The summed E-state index contributed by atoms with van der Waals surface area (Å²) in [6.07, 6.45) is 2.04. The second-order valence-electron chi connectivity index (χ2n) is 5.87. The van der Waals surface area contributed by atoms with Gasteiger partial charge in [-0.3, -0.25) is 4.99 Å². The first kappa shape index (κ1) is 18.9. The molecule has 1 aromatic rings. The summed E-state index contributed by atoms with van der Waals surface area (Å²) in [6.45, 7) is 9.27. The minimum Gasteiger partial charge on any atom is -0.382 e. The number of anilines is 1. The third-order valence-electron chi connectivity index (χ3n) is 3.97. The van der Waals surface area contributed by atoms with Gasteiger partial charge in [-0.05, 0) is 44.9 Å². The lowest BCUT2D eigenvalue weighted by molar-refractivity contribution is 0.146. The van der Waals surface area contributed by atoms with E-state index in [1.54, 1.807) is 0 Å². The molecule has 0 amide bonds. The van der Waals surface area contributed by atoms with Crippen LogP contribution in [0.25, 0.3) is 0 Å². The number of rotatable bonds is 8. The summed E-state index contributed by atoms with van der Waals surface area (Å²) < 4.78 is 5.35. The monoisotopic (exact) mass is 352 g/mol. The lowest BCUT2D eigenvalue weighted by Crippen LogP contribution is -2.44. The Kier molecular flexibility index (Phi) is 8.19. The number of halogens is 1. The van der Waals surface area contributed by atoms with Crippen LogP contribution in [0.15, 0.2) is 29.3 Å². The van der Waals surface area contributed by atoms with Crippen molar-refractivity contribution in [2.75, 3.05) is 44.3 Å². The molecule has 1 unspecified atom stereocenters. The molecule has 134 valence electrons. The normalized spacial score (nSPS) is 18.0. The molecule has 1 aromatic carbocycles. The van der Waals surface area contributed by atoms with Gasteiger partial charge in [0.05, 0.1) is 0 Å². The summed E-state index contributed by atoms with van der Waals surface area (Å²) in [5.41, 5.74) is 1.19. The van der Waals surface area contributed by atoms with Gasteiger partial charge in [-0.15, -0.1) is 0 Å². The zero-order chi connectivity index (χ0) is 17.2. The van der Waals surface area contributed by atoms with E-state index >= 15 is 0 Å². The number of hydrogen-bond acceptors (Lipinski definition) is 3. The van der Waals surface area contributed by atoms with Crippen molar-refractivity contribution in [1.29, 1.82) is 0 Å². The maximum atomic E-state index is 6.10.